The molecule has 1 aromatic rings. The fourth-order valence-electron chi connectivity index (χ4n) is 1.65. The van der Waals surface area contributed by atoms with Gasteiger partial charge in [-0.1, -0.05) is 0 Å². The summed E-state index contributed by atoms with van der Waals surface area (Å²) in [5.74, 6) is 0. The molecule has 1 aromatic heterocycles. The maximum absolute atomic E-state index is 3.54. The maximum Gasteiger partial charge on any atom is 0.0704 e. The minimum Gasteiger partial charge on any atom is -0.314 e. The van der Waals surface area contributed by atoms with Gasteiger partial charge < -0.3 is 5.32 Å². The second-order valence-electron chi connectivity index (χ2n) is 3.31. The first-order valence-corrected chi connectivity index (χ1v) is 5.87. The van der Waals surface area contributed by atoms with E-state index in [1.165, 1.54) is 22.2 Å². The number of nitrogens with one attached hydrogen (secondary N) is 1. The summed E-state index contributed by atoms with van der Waals surface area (Å²) in [6.07, 6.45) is 2.37. The van der Waals surface area contributed by atoms with Gasteiger partial charge in [0.25, 0.3) is 0 Å². The van der Waals surface area contributed by atoms with Gasteiger partial charge in [-0.15, -0.1) is 11.3 Å². The second-order valence-corrected chi connectivity index (χ2v) is 5.82. The highest BCUT2D eigenvalue weighted by Crippen LogP contribution is 2.29. The summed E-state index contributed by atoms with van der Waals surface area (Å²) in [6, 6.07) is 2.90. The van der Waals surface area contributed by atoms with E-state index < -0.39 is 0 Å². The molecule has 1 aliphatic heterocycles. The van der Waals surface area contributed by atoms with Gasteiger partial charge in [0, 0.05) is 17.5 Å². The largest absolute Gasteiger partial charge is 0.314 e. The van der Waals surface area contributed by atoms with Gasteiger partial charge in [0.15, 0.2) is 0 Å². The summed E-state index contributed by atoms with van der Waals surface area (Å²) in [5, 5.41) is 3.49. The first-order valence-electron chi connectivity index (χ1n) is 4.26. The molecule has 0 bridgehead atoms. The molecule has 0 fully saturated rings. The van der Waals surface area contributed by atoms with E-state index in [1.54, 1.807) is 4.88 Å². The summed E-state index contributed by atoms with van der Waals surface area (Å²) in [6.45, 7) is 3.38. The lowest BCUT2D eigenvalue weighted by Gasteiger charge is -2.07. The smallest absolute Gasteiger partial charge is 0.0704 e. The topological polar surface area (TPSA) is 12.0 Å². The monoisotopic (exact) mass is 245 g/mol. The molecule has 2 rings (SSSR count). The predicted octanol–water partition coefficient (Wildman–Crippen LogP) is 2.59. The van der Waals surface area contributed by atoms with Crippen LogP contribution in [-0.2, 0) is 12.8 Å². The lowest BCUT2D eigenvalue weighted by Crippen LogP contribution is -2.27. The fourth-order valence-corrected chi connectivity index (χ4v) is 3.43. The molecule has 3 heteroatoms. The van der Waals surface area contributed by atoms with Crippen LogP contribution >= 0.6 is 27.3 Å². The van der Waals surface area contributed by atoms with E-state index in [0.717, 1.165) is 6.54 Å². The number of halogens is 1. The molecule has 1 nitrogen and oxygen atoms in total. The molecule has 0 saturated carbocycles. The van der Waals surface area contributed by atoms with Crippen LogP contribution in [0.4, 0.5) is 0 Å². The van der Waals surface area contributed by atoms with Gasteiger partial charge in [-0.2, -0.15) is 0 Å². The number of fused-ring (bicyclic) bond motifs is 1. The van der Waals surface area contributed by atoms with Crippen molar-refractivity contribution in [3.63, 3.8) is 0 Å². The van der Waals surface area contributed by atoms with Crippen LogP contribution in [0.5, 0.6) is 0 Å². The Morgan fingerprint density at radius 1 is 1.67 bits per heavy atom. The van der Waals surface area contributed by atoms with E-state index in [1.807, 2.05) is 11.3 Å². The average molecular weight is 246 g/mol. The van der Waals surface area contributed by atoms with Gasteiger partial charge in [0.2, 0.25) is 0 Å². The highest BCUT2D eigenvalue weighted by molar-refractivity contribution is 9.11. The standard InChI is InChI=1S/C9H12BrNS/c1-6-4-7-5-9(10)12-8(7)2-3-11-6/h5-6,11H,2-4H2,1H3/t6-/m1/s1. The van der Waals surface area contributed by atoms with Crippen LogP contribution in [-0.4, -0.2) is 12.6 Å². The number of thiophene rings is 1. The van der Waals surface area contributed by atoms with E-state index in [-0.39, 0.29) is 0 Å². The number of hydrogen-bond donors (Lipinski definition) is 1. The predicted molar refractivity (Wildman–Crippen MR) is 56.9 cm³/mol. The lowest BCUT2D eigenvalue weighted by molar-refractivity contribution is 0.568. The molecule has 0 aliphatic carbocycles. The molecular weight excluding hydrogens is 234 g/mol. The van der Waals surface area contributed by atoms with Crippen LogP contribution in [0.3, 0.4) is 0 Å². The van der Waals surface area contributed by atoms with Gasteiger partial charge in [-0.25, -0.2) is 0 Å². The molecule has 12 heavy (non-hydrogen) atoms. The Morgan fingerprint density at radius 2 is 2.50 bits per heavy atom. The molecule has 0 aromatic carbocycles. The quantitative estimate of drug-likeness (QED) is 0.741. The van der Waals surface area contributed by atoms with Gasteiger partial charge in [-0.05, 0) is 47.3 Å². The molecule has 0 saturated heterocycles. The van der Waals surface area contributed by atoms with Crippen molar-refractivity contribution in [1.82, 2.24) is 5.32 Å². The zero-order valence-corrected chi connectivity index (χ0v) is 9.46. The zero-order valence-electron chi connectivity index (χ0n) is 7.06. The van der Waals surface area contributed by atoms with Crippen LogP contribution in [0.15, 0.2) is 9.85 Å². The molecule has 66 valence electrons. The third kappa shape index (κ3) is 1.73. The summed E-state index contributed by atoms with van der Waals surface area (Å²) in [5.41, 5.74) is 1.53. The number of hydrogen-bond acceptors (Lipinski definition) is 2. The Hall–Kier alpha value is 0.140. The summed E-state index contributed by atoms with van der Waals surface area (Å²) < 4.78 is 1.28. The third-order valence-corrected chi connectivity index (χ3v) is 3.98. The van der Waals surface area contributed by atoms with Crippen molar-refractivity contribution < 1.29 is 0 Å². The SMILES string of the molecule is C[C@@H]1Cc2cc(Br)sc2CCN1. The van der Waals surface area contributed by atoms with Gasteiger partial charge in [-0.3, -0.25) is 0 Å². The maximum atomic E-state index is 3.54. The zero-order chi connectivity index (χ0) is 8.55. The Labute approximate surface area is 85.3 Å². The van der Waals surface area contributed by atoms with Gasteiger partial charge in [0.1, 0.15) is 0 Å². The molecule has 2 heterocycles. The molecule has 1 N–H and O–H groups in total. The normalized spacial score (nSPS) is 23.3. The van der Waals surface area contributed by atoms with E-state index in [0.29, 0.717) is 6.04 Å². The van der Waals surface area contributed by atoms with Crippen molar-refractivity contribution in [2.45, 2.75) is 25.8 Å². The van der Waals surface area contributed by atoms with Crippen molar-refractivity contribution in [2.75, 3.05) is 6.54 Å². The minimum absolute atomic E-state index is 0.632. The number of rotatable bonds is 0. The molecule has 1 aliphatic rings. The molecule has 0 amide bonds. The average Bonchev–Trinajstić information content (AvgIpc) is 2.23. The third-order valence-electron chi connectivity index (χ3n) is 2.24. The Morgan fingerprint density at radius 3 is 3.33 bits per heavy atom. The van der Waals surface area contributed by atoms with Crippen LogP contribution in [0.1, 0.15) is 17.4 Å². The first kappa shape index (κ1) is 8.73. The first-order chi connectivity index (χ1) is 5.75. The lowest BCUT2D eigenvalue weighted by atomic mass is 10.1. The van der Waals surface area contributed by atoms with Crippen molar-refractivity contribution in [1.29, 1.82) is 0 Å². The van der Waals surface area contributed by atoms with Gasteiger partial charge >= 0.3 is 0 Å². The molecular formula is C9H12BrNS. The van der Waals surface area contributed by atoms with Gasteiger partial charge in [0.05, 0.1) is 3.79 Å². The summed E-state index contributed by atoms with van der Waals surface area (Å²) in [4.78, 5) is 1.55. The molecule has 0 radical (unpaired) electrons. The Kier molecular flexibility index (Phi) is 2.53. The fraction of sp³-hybridized carbons (Fsp3) is 0.556. The molecule has 0 unspecified atom stereocenters. The van der Waals surface area contributed by atoms with Crippen molar-refractivity contribution >= 4 is 27.3 Å². The molecule has 0 spiro atoms. The molecule has 1 atom stereocenters. The van der Waals surface area contributed by atoms with Crippen molar-refractivity contribution in [3.05, 3.63) is 20.3 Å². The van der Waals surface area contributed by atoms with Crippen LogP contribution in [0.25, 0.3) is 0 Å². The van der Waals surface area contributed by atoms with E-state index >= 15 is 0 Å². The summed E-state index contributed by atoms with van der Waals surface area (Å²) >= 11 is 5.42. The highest BCUT2D eigenvalue weighted by Gasteiger charge is 2.14. The Balaban J connectivity index is 2.30. The van der Waals surface area contributed by atoms with E-state index in [4.69, 9.17) is 0 Å². The Bertz CT molecular complexity index is 282. The minimum atomic E-state index is 0.632. The van der Waals surface area contributed by atoms with Crippen molar-refractivity contribution in [3.8, 4) is 0 Å². The van der Waals surface area contributed by atoms with Crippen LogP contribution < -0.4 is 5.32 Å². The van der Waals surface area contributed by atoms with E-state index in [9.17, 15) is 0 Å². The second kappa shape index (κ2) is 3.48. The summed E-state index contributed by atoms with van der Waals surface area (Å²) in [7, 11) is 0. The highest BCUT2D eigenvalue weighted by atomic mass is 79.9. The van der Waals surface area contributed by atoms with E-state index in [2.05, 4.69) is 34.2 Å². The van der Waals surface area contributed by atoms with Crippen LogP contribution in [0.2, 0.25) is 0 Å². The van der Waals surface area contributed by atoms with Crippen LogP contribution in [0, 0.1) is 0 Å². The van der Waals surface area contributed by atoms with Crippen molar-refractivity contribution in [2.24, 2.45) is 0 Å².